The van der Waals surface area contributed by atoms with Crippen molar-refractivity contribution in [1.29, 1.82) is 0 Å². The Bertz CT molecular complexity index is 1420. The molecular weight excluding hydrogens is 651 g/mol. The van der Waals surface area contributed by atoms with Crippen LogP contribution in [0.1, 0.15) is 104 Å². The van der Waals surface area contributed by atoms with E-state index in [1.54, 1.807) is 35.2 Å². The van der Waals surface area contributed by atoms with Crippen LogP contribution < -0.4 is 15.6 Å². The Morgan fingerprint density at radius 1 is 0.979 bits per heavy atom. The number of aromatic nitrogens is 4. The van der Waals surface area contributed by atoms with Crippen LogP contribution in [-0.2, 0) is 25.2 Å². The van der Waals surface area contributed by atoms with Gasteiger partial charge in [0.25, 0.3) is 0 Å². The molecule has 1 aromatic carbocycles. The van der Waals surface area contributed by atoms with Crippen molar-refractivity contribution in [3.63, 3.8) is 0 Å². The zero-order chi connectivity index (χ0) is 34.5. The highest BCUT2D eigenvalue weighted by atomic mass is 35.5. The molecule has 0 bridgehead atoms. The van der Waals surface area contributed by atoms with Gasteiger partial charge >= 0.3 is 7.60 Å². The van der Waals surface area contributed by atoms with Gasteiger partial charge in [-0.25, -0.2) is 19.5 Å². The molecule has 0 aliphatic rings. The number of nitrogen functional groups attached to an aromatic ring is 1. The Morgan fingerprint density at radius 3 is 2.35 bits per heavy atom. The molecule has 2 atom stereocenters. The zero-order valence-corrected chi connectivity index (χ0v) is 30.3. The minimum Gasteiger partial charge on any atom is -0.423 e. The van der Waals surface area contributed by atoms with Crippen LogP contribution in [0.3, 0.4) is 0 Å². The number of rotatable bonds is 26. The average Bonchev–Trinajstić information content (AvgIpc) is 3.49. The van der Waals surface area contributed by atoms with Gasteiger partial charge < -0.3 is 24.9 Å². The second-order valence-corrected chi connectivity index (χ2v) is 14.5. The van der Waals surface area contributed by atoms with Crippen molar-refractivity contribution in [2.24, 2.45) is 0 Å². The number of allylic oxidation sites excluding steroid dienone is 2. The molecule has 3 rings (SSSR count). The molecule has 13 heteroatoms. The number of hydrogen-bond acceptors (Lipinski definition) is 9. The summed E-state index contributed by atoms with van der Waals surface area (Å²) in [4.78, 5) is 24.8. The van der Waals surface area contributed by atoms with Gasteiger partial charge in [0, 0.05) is 18.0 Å². The predicted octanol–water partition coefficient (Wildman–Crippen LogP) is 8.87. The normalized spacial score (nSPS) is 13.6. The summed E-state index contributed by atoms with van der Waals surface area (Å²) in [6, 6.07) is 6.49. The first-order chi connectivity index (χ1) is 23.3. The summed E-state index contributed by atoms with van der Waals surface area (Å²) in [6.07, 6.45) is 23.2. The number of halogens is 1. The van der Waals surface area contributed by atoms with Crippen molar-refractivity contribution in [3.8, 4) is 5.75 Å². The SMILES string of the molecule is CCCCCCCC/C=C\CCCCCCCC(=O)NCCOP(=O)(CO[C@H](C)Cn1cnc2c(N)ncnc21)Oc1ccc(Cl)cc1. The molecule has 11 nitrogen and oxygen atoms in total. The van der Waals surface area contributed by atoms with Crippen molar-refractivity contribution in [2.45, 2.75) is 116 Å². The minimum absolute atomic E-state index is 0.00305. The van der Waals surface area contributed by atoms with Crippen molar-refractivity contribution in [3.05, 3.63) is 54.1 Å². The van der Waals surface area contributed by atoms with Crippen LogP contribution in [0.25, 0.3) is 11.2 Å². The van der Waals surface area contributed by atoms with Gasteiger partial charge in [0.2, 0.25) is 5.91 Å². The molecule has 48 heavy (non-hydrogen) atoms. The molecule has 266 valence electrons. The number of nitrogens with one attached hydrogen (secondary N) is 1. The Morgan fingerprint density at radius 2 is 1.65 bits per heavy atom. The second-order valence-electron chi connectivity index (χ2n) is 12.1. The lowest BCUT2D eigenvalue weighted by Gasteiger charge is -2.22. The Hall–Kier alpha value is -2.98. The number of amides is 1. The molecule has 0 saturated carbocycles. The third-order valence-electron chi connectivity index (χ3n) is 7.84. The molecule has 0 radical (unpaired) electrons. The van der Waals surface area contributed by atoms with Crippen LogP contribution in [0, 0.1) is 0 Å². The molecule has 0 aliphatic heterocycles. The third-order valence-corrected chi connectivity index (χ3v) is 9.62. The van der Waals surface area contributed by atoms with E-state index in [1.807, 2.05) is 6.92 Å². The maximum absolute atomic E-state index is 13.7. The fourth-order valence-corrected chi connectivity index (χ4v) is 6.70. The lowest BCUT2D eigenvalue weighted by atomic mass is 10.1. The fourth-order valence-electron chi connectivity index (χ4n) is 5.15. The summed E-state index contributed by atoms with van der Waals surface area (Å²) >= 11 is 6.00. The molecule has 0 fully saturated rings. The van der Waals surface area contributed by atoms with Crippen LogP contribution in [0.4, 0.5) is 5.82 Å². The predicted molar refractivity (Wildman–Crippen MR) is 193 cm³/mol. The first kappa shape index (κ1) is 39.5. The second kappa shape index (κ2) is 22.6. The number of anilines is 1. The van der Waals surface area contributed by atoms with Gasteiger partial charge in [0.05, 0.1) is 25.6 Å². The third kappa shape index (κ3) is 15.5. The summed E-state index contributed by atoms with van der Waals surface area (Å²) in [5, 5.41) is 3.37. The molecular formula is C35H54ClN6O5P. The number of ether oxygens (including phenoxy) is 1. The van der Waals surface area contributed by atoms with Crippen molar-refractivity contribution < 1.29 is 23.1 Å². The maximum atomic E-state index is 13.7. The topological polar surface area (TPSA) is 143 Å². The lowest BCUT2D eigenvalue weighted by molar-refractivity contribution is -0.121. The average molecular weight is 705 g/mol. The fraction of sp³-hybridized carbons (Fsp3) is 0.600. The van der Waals surface area contributed by atoms with Gasteiger partial charge in [0.1, 0.15) is 17.6 Å². The van der Waals surface area contributed by atoms with Crippen LogP contribution in [0.2, 0.25) is 5.02 Å². The zero-order valence-electron chi connectivity index (χ0n) is 28.7. The number of hydrogen-bond donors (Lipinski definition) is 2. The summed E-state index contributed by atoms with van der Waals surface area (Å²) in [7, 11) is -3.76. The summed E-state index contributed by atoms with van der Waals surface area (Å²) in [5.41, 5.74) is 6.97. The molecule has 2 aromatic heterocycles. The Balaban J connectivity index is 1.31. The number of imidazole rings is 1. The van der Waals surface area contributed by atoms with E-state index in [0.717, 1.165) is 25.7 Å². The van der Waals surface area contributed by atoms with Gasteiger partial charge in [-0.05, 0) is 63.3 Å². The van der Waals surface area contributed by atoms with Crippen LogP contribution in [0.5, 0.6) is 5.75 Å². The van der Waals surface area contributed by atoms with E-state index < -0.39 is 13.7 Å². The van der Waals surface area contributed by atoms with Gasteiger partial charge in [0.15, 0.2) is 17.8 Å². The van der Waals surface area contributed by atoms with Crippen molar-refractivity contribution in [2.75, 3.05) is 25.2 Å². The number of unbranched alkanes of at least 4 members (excludes halogenated alkanes) is 11. The smallest absolute Gasteiger partial charge is 0.404 e. The van der Waals surface area contributed by atoms with Crippen LogP contribution in [0.15, 0.2) is 49.1 Å². The first-order valence-corrected chi connectivity index (χ1v) is 19.5. The van der Waals surface area contributed by atoms with Gasteiger partial charge in [-0.3, -0.25) is 9.32 Å². The first-order valence-electron chi connectivity index (χ1n) is 17.4. The number of nitrogens with two attached hydrogens (primary N) is 1. The van der Waals surface area contributed by atoms with E-state index >= 15 is 0 Å². The molecule has 3 N–H and O–H groups in total. The van der Waals surface area contributed by atoms with Crippen molar-refractivity contribution in [1.82, 2.24) is 24.8 Å². The van der Waals surface area contributed by atoms with E-state index in [9.17, 15) is 9.36 Å². The molecule has 0 spiro atoms. The molecule has 0 saturated heterocycles. The molecule has 0 aliphatic carbocycles. The van der Waals surface area contributed by atoms with Gasteiger partial charge in [-0.2, -0.15) is 0 Å². The number of carbonyl (C=O) groups is 1. The van der Waals surface area contributed by atoms with E-state index in [2.05, 4.69) is 39.3 Å². The molecule has 3 aromatic rings. The Kier molecular flexibility index (Phi) is 18.6. The molecule has 1 unspecified atom stereocenters. The Labute approximate surface area is 290 Å². The largest absolute Gasteiger partial charge is 0.423 e. The summed E-state index contributed by atoms with van der Waals surface area (Å²) in [5.74, 6) is 0.577. The van der Waals surface area contributed by atoms with E-state index in [1.165, 1.54) is 64.1 Å². The molecule has 1 amide bonds. The highest BCUT2D eigenvalue weighted by Crippen LogP contribution is 2.48. The minimum atomic E-state index is -3.76. The lowest BCUT2D eigenvalue weighted by Crippen LogP contribution is -2.27. The monoisotopic (exact) mass is 704 g/mol. The van der Waals surface area contributed by atoms with Gasteiger partial charge in [-0.1, -0.05) is 82.0 Å². The van der Waals surface area contributed by atoms with E-state index in [0.29, 0.717) is 40.7 Å². The maximum Gasteiger partial charge on any atom is 0.404 e. The number of nitrogens with zero attached hydrogens (tertiary/aromatic N) is 4. The van der Waals surface area contributed by atoms with Crippen molar-refractivity contribution >= 4 is 42.1 Å². The highest BCUT2D eigenvalue weighted by Gasteiger charge is 2.28. The standard InChI is InChI=1S/C35H54ClN6O5P/c1-3-4-5-6-7-8-9-10-11-12-13-14-15-16-17-18-32(43)38-23-24-46-48(44,47-31-21-19-30(36)20-22-31)28-45-29(2)25-42-27-41-33-34(37)39-26-40-35(33)42/h10-11,19-22,26-27,29H,3-9,12-18,23-25,28H2,1-2H3,(H,38,43)(H2,37,39,40)/b11-10-/t29-,48?/m1/s1. The quantitative estimate of drug-likeness (QED) is 0.0476. The summed E-state index contributed by atoms with van der Waals surface area (Å²) in [6.45, 7) is 4.67. The van der Waals surface area contributed by atoms with Crippen LogP contribution in [-0.4, -0.2) is 51.0 Å². The van der Waals surface area contributed by atoms with E-state index in [4.69, 9.17) is 31.1 Å². The number of benzene rings is 1. The number of fused-ring (bicyclic) bond motifs is 1. The van der Waals surface area contributed by atoms with Gasteiger partial charge in [-0.15, -0.1) is 0 Å². The molecule has 2 heterocycles. The summed E-state index contributed by atoms with van der Waals surface area (Å²) < 4.78 is 32.9. The highest BCUT2D eigenvalue weighted by molar-refractivity contribution is 7.54. The number of carbonyl (C=O) groups excluding carboxylic acids is 1. The van der Waals surface area contributed by atoms with E-state index in [-0.39, 0.29) is 25.4 Å². The van der Waals surface area contributed by atoms with Crippen LogP contribution >= 0.6 is 19.2 Å².